The quantitative estimate of drug-likeness (QED) is 0.871. The molecule has 0 bridgehead atoms. The van der Waals surface area contributed by atoms with Crippen LogP contribution in [0.4, 0.5) is 5.69 Å². The molecule has 20 heavy (non-hydrogen) atoms. The van der Waals surface area contributed by atoms with Gasteiger partial charge in [0.15, 0.2) is 11.5 Å². The van der Waals surface area contributed by atoms with E-state index in [0.717, 1.165) is 5.76 Å². The number of hydrogen-bond acceptors (Lipinski definition) is 5. The Kier molecular flexibility index (Phi) is 3.61. The van der Waals surface area contributed by atoms with Crippen LogP contribution < -0.4 is 15.2 Å². The minimum absolute atomic E-state index is 0.101. The van der Waals surface area contributed by atoms with Crippen LogP contribution in [0.2, 0.25) is 0 Å². The zero-order chi connectivity index (χ0) is 14.9. The lowest BCUT2D eigenvalue weighted by molar-refractivity contribution is 0.355. The predicted molar refractivity (Wildman–Crippen MR) is 78.2 cm³/mol. The molecule has 2 rings (SSSR count). The number of hydrogen-bond donors (Lipinski definition) is 1. The number of nitrogens with two attached hydrogens (primary N) is 1. The maximum absolute atomic E-state index is 6.04. The summed E-state index contributed by atoms with van der Waals surface area (Å²) < 4.78 is 16.3. The summed E-state index contributed by atoms with van der Waals surface area (Å²) in [5.41, 5.74) is 7.16. The lowest BCUT2D eigenvalue weighted by Gasteiger charge is -2.13. The predicted octanol–water partition coefficient (Wildman–Crippen LogP) is 3.24. The topological polar surface area (TPSA) is 70.5 Å². The van der Waals surface area contributed by atoms with Crippen molar-refractivity contribution in [3.63, 3.8) is 0 Å². The van der Waals surface area contributed by atoms with Crippen molar-refractivity contribution in [1.82, 2.24) is 4.98 Å². The minimum atomic E-state index is -0.101. The molecule has 0 aliphatic carbocycles. The van der Waals surface area contributed by atoms with Crippen LogP contribution in [0, 0.1) is 0 Å². The van der Waals surface area contributed by atoms with Gasteiger partial charge in [-0.25, -0.2) is 4.98 Å². The Morgan fingerprint density at radius 1 is 1.10 bits per heavy atom. The van der Waals surface area contributed by atoms with E-state index in [-0.39, 0.29) is 5.41 Å². The van der Waals surface area contributed by atoms with Crippen LogP contribution in [-0.2, 0) is 5.41 Å². The molecule has 0 unspecified atom stereocenters. The molecule has 0 amide bonds. The first-order chi connectivity index (χ1) is 9.36. The molecule has 1 aromatic carbocycles. The molecule has 1 heterocycles. The molecule has 0 aliphatic heterocycles. The van der Waals surface area contributed by atoms with Gasteiger partial charge in [-0.1, -0.05) is 20.8 Å². The van der Waals surface area contributed by atoms with Crippen molar-refractivity contribution in [2.75, 3.05) is 20.0 Å². The van der Waals surface area contributed by atoms with E-state index in [1.54, 1.807) is 32.5 Å². The second kappa shape index (κ2) is 5.07. The van der Waals surface area contributed by atoms with Gasteiger partial charge in [-0.15, -0.1) is 0 Å². The molecular weight excluding hydrogens is 256 g/mol. The van der Waals surface area contributed by atoms with Gasteiger partial charge in [0.2, 0.25) is 5.89 Å². The van der Waals surface area contributed by atoms with Gasteiger partial charge in [-0.2, -0.15) is 0 Å². The summed E-state index contributed by atoms with van der Waals surface area (Å²) in [7, 11) is 3.15. The fraction of sp³-hybridized carbons (Fsp3) is 0.400. The Morgan fingerprint density at radius 3 is 2.20 bits per heavy atom. The van der Waals surface area contributed by atoms with Gasteiger partial charge in [0.25, 0.3) is 0 Å². The molecule has 2 aromatic rings. The maximum Gasteiger partial charge on any atom is 0.228 e. The fourth-order valence-corrected chi connectivity index (χ4v) is 1.83. The first-order valence-corrected chi connectivity index (χ1v) is 6.35. The summed E-state index contributed by atoms with van der Waals surface area (Å²) in [5, 5.41) is 0. The van der Waals surface area contributed by atoms with E-state index in [1.165, 1.54) is 0 Å². The van der Waals surface area contributed by atoms with Gasteiger partial charge < -0.3 is 19.6 Å². The van der Waals surface area contributed by atoms with Crippen LogP contribution >= 0.6 is 0 Å². The molecule has 5 nitrogen and oxygen atoms in total. The van der Waals surface area contributed by atoms with Gasteiger partial charge in [0.05, 0.1) is 26.0 Å². The highest BCUT2D eigenvalue weighted by Crippen LogP contribution is 2.37. The van der Waals surface area contributed by atoms with Gasteiger partial charge in [0.1, 0.15) is 5.76 Å². The molecule has 0 saturated carbocycles. The van der Waals surface area contributed by atoms with Crippen LogP contribution in [0.25, 0.3) is 11.5 Å². The number of methoxy groups -OCH3 is 2. The van der Waals surface area contributed by atoms with E-state index in [4.69, 9.17) is 19.6 Å². The molecule has 2 N–H and O–H groups in total. The molecule has 0 radical (unpaired) electrons. The van der Waals surface area contributed by atoms with E-state index in [0.29, 0.717) is 28.6 Å². The van der Waals surface area contributed by atoms with E-state index < -0.39 is 0 Å². The Bertz CT molecular complexity index is 612. The number of rotatable bonds is 3. The average Bonchev–Trinajstić information content (AvgIpc) is 2.87. The zero-order valence-electron chi connectivity index (χ0n) is 12.5. The van der Waals surface area contributed by atoms with Gasteiger partial charge in [-0.05, 0) is 6.07 Å². The highest BCUT2D eigenvalue weighted by molar-refractivity contribution is 5.75. The van der Waals surface area contributed by atoms with Gasteiger partial charge in [-0.3, -0.25) is 0 Å². The maximum atomic E-state index is 6.04. The zero-order valence-corrected chi connectivity index (χ0v) is 12.5. The summed E-state index contributed by atoms with van der Waals surface area (Å²) in [4.78, 5) is 4.30. The first-order valence-electron chi connectivity index (χ1n) is 6.35. The van der Waals surface area contributed by atoms with E-state index in [9.17, 15) is 0 Å². The Hall–Kier alpha value is -2.17. The molecule has 0 aliphatic rings. The third kappa shape index (κ3) is 2.57. The van der Waals surface area contributed by atoms with Crippen molar-refractivity contribution in [3.8, 4) is 23.0 Å². The van der Waals surface area contributed by atoms with E-state index in [2.05, 4.69) is 25.8 Å². The highest BCUT2D eigenvalue weighted by Gasteiger charge is 2.21. The van der Waals surface area contributed by atoms with Crippen molar-refractivity contribution >= 4 is 5.69 Å². The van der Waals surface area contributed by atoms with Crippen molar-refractivity contribution in [3.05, 3.63) is 24.1 Å². The van der Waals surface area contributed by atoms with Crippen molar-refractivity contribution in [2.45, 2.75) is 26.2 Å². The smallest absolute Gasteiger partial charge is 0.228 e. The monoisotopic (exact) mass is 276 g/mol. The molecule has 0 spiro atoms. The number of benzene rings is 1. The van der Waals surface area contributed by atoms with Crippen LogP contribution in [0.1, 0.15) is 26.5 Å². The standard InChI is InChI=1S/C15H20N2O3/c1-15(2,3)13-8-17-14(20-13)9-6-11(18-4)12(19-5)7-10(9)16/h6-8H,16H2,1-5H3. The minimum Gasteiger partial charge on any atom is -0.493 e. The van der Waals surface area contributed by atoms with Crippen molar-refractivity contribution in [2.24, 2.45) is 0 Å². The molecule has 1 aromatic heterocycles. The molecule has 108 valence electrons. The van der Waals surface area contributed by atoms with E-state index >= 15 is 0 Å². The van der Waals surface area contributed by atoms with Crippen molar-refractivity contribution < 1.29 is 13.9 Å². The number of oxazole rings is 1. The first kappa shape index (κ1) is 14.2. The third-order valence-corrected chi connectivity index (χ3v) is 3.03. The summed E-state index contributed by atoms with van der Waals surface area (Å²) >= 11 is 0. The summed E-state index contributed by atoms with van der Waals surface area (Å²) in [6, 6.07) is 3.47. The summed E-state index contributed by atoms with van der Waals surface area (Å²) in [6.07, 6.45) is 1.73. The normalized spacial score (nSPS) is 11.4. The lowest BCUT2D eigenvalue weighted by Crippen LogP contribution is -2.09. The fourth-order valence-electron chi connectivity index (χ4n) is 1.83. The van der Waals surface area contributed by atoms with Gasteiger partial charge in [0, 0.05) is 17.2 Å². The number of anilines is 1. The molecule has 0 fully saturated rings. The second-order valence-electron chi connectivity index (χ2n) is 5.57. The number of nitrogens with zero attached hydrogens (tertiary/aromatic N) is 1. The van der Waals surface area contributed by atoms with Gasteiger partial charge >= 0.3 is 0 Å². The largest absolute Gasteiger partial charge is 0.493 e. The second-order valence-corrected chi connectivity index (χ2v) is 5.57. The number of aromatic nitrogens is 1. The average molecular weight is 276 g/mol. The third-order valence-electron chi connectivity index (χ3n) is 3.03. The highest BCUT2D eigenvalue weighted by atomic mass is 16.5. The summed E-state index contributed by atoms with van der Waals surface area (Å²) in [5.74, 6) is 2.46. The van der Waals surface area contributed by atoms with Crippen LogP contribution in [0.3, 0.4) is 0 Å². The number of nitrogen functional groups attached to an aromatic ring is 1. The van der Waals surface area contributed by atoms with Crippen molar-refractivity contribution in [1.29, 1.82) is 0 Å². The lowest BCUT2D eigenvalue weighted by atomic mass is 9.94. The Balaban J connectivity index is 2.50. The molecular formula is C15H20N2O3. The Labute approximate surface area is 118 Å². The van der Waals surface area contributed by atoms with E-state index in [1.807, 2.05) is 0 Å². The molecule has 5 heteroatoms. The van der Waals surface area contributed by atoms with Crippen LogP contribution in [0.15, 0.2) is 22.7 Å². The number of ether oxygens (including phenoxy) is 2. The van der Waals surface area contributed by atoms with Crippen LogP contribution in [-0.4, -0.2) is 19.2 Å². The summed E-state index contributed by atoms with van der Waals surface area (Å²) in [6.45, 7) is 6.19. The molecule has 0 atom stereocenters. The molecule has 0 saturated heterocycles. The van der Waals surface area contributed by atoms with Crippen LogP contribution in [0.5, 0.6) is 11.5 Å². The SMILES string of the molecule is COc1cc(N)c(-c2ncc(C(C)(C)C)o2)cc1OC. The Morgan fingerprint density at radius 2 is 1.70 bits per heavy atom.